The number of hydrogen-bond donors (Lipinski definition) is 1. The molecule has 1 amide bonds. The Morgan fingerprint density at radius 2 is 1.63 bits per heavy atom. The predicted octanol–water partition coefficient (Wildman–Crippen LogP) is 3.29. The summed E-state index contributed by atoms with van der Waals surface area (Å²) in [5.74, 6) is 1.93. The summed E-state index contributed by atoms with van der Waals surface area (Å²) in [6, 6.07) is 18.7. The monoisotopic (exact) mass is 407 g/mol. The lowest BCUT2D eigenvalue weighted by Crippen LogP contribution is -2.29. The van der Waals surface area contributed by atoms with Gasteiger partial charge < -0.3 is 19.5 Å². The first-order valence-electron chi connectivity index (χ1n) is 9.77. The quantitative estimate of drug-likeness (QED) is 0.520. The highest BCUT2D eigenvalue weighted by Gasteiger charge is 2.05. The van der Waals surface area contributed by atoms with Crippen LogP contribution in [0.15, 0.2) is 60.7 Å². The fourth-order valence-electron chi connectivity index (χ4n) is 2.78. The molecule has 0 atom stereocenters. The number of carbonyl (C=O) groups excluding carboxylic acids is 1. The maximum absolute atomic E-state index is 12.0. The number of rotatable bonds is 10. The third kappa shape index (κ3) is 6.20. The van der Waals surface area contributed by atoms with Crippen LogP contribution in [0.25, 0.3) is 11.3 Å². The SMILES string of the molecule is CCOc1ccc(CC(=O)NCCOc2ccc(-c3ccc(OC)cc3)nn2)cc1. The van der Waals surface area contributed by atoms with E-state index in [0.717, 1.165) is 28.3 Å². The third-order valence-electron chi connectivity index (χ3n) is 4.30. The summed E-state index contributed by atoms with van der Waals surface area (Å²) in [7, 11) is 1.63. The first-order chi connectivity index (χ1) is 14.7. The third-order valence-corrected chi connectivity index (χ3v) is 4.30. The highest BCUT2D eigenvalue weighted by molar-refractivity contribution is 5.78. The molecule has 0 saturated carbocycles. The number of ether oxygens (including phenoxy) is 3. The van der Waals surface area contributed by atoms with Crippen LogP contribution in [0.2, 0.25) is 0 Å². The van der Waals surface area contributed by atoms with Gasteiger partial charge >= 0.3 is 0 Å². The Morgan fingerprint density at radius 1 is 0.900 bits per heavy atom. The Bertz CT molecular complexity index is 926. The molecule has 0 saturated heterocycles. The van der Waals surface area contributed by atoms with Gasteiger partial charge in [0.2, 0.25) is 11.8 Å². The van der Waals surface area contributed by atoms with E-state index in [1.165, 1.54) is 0 Å². The molecular formula is C23H25N3O4. The van der Waals surface area contributed by atoms with Crippen molar-refractivity contribution >= 4 is 5.91 Å². The second-order valence-corrected chi connectivity index (χ2v) is 6.44. The smallest absolute Gasteiger partial charge is 0.233 e. The van der Waals surface area contributed by atoms with E-state index in [4.69, 9.17) is 14.2 Å². The predicted molar refractivity (Wildman–Crippen MR) is 114 cm³/mol. The molecule has 1 aromatic heterocycles. The second kappa shape index (κ2) is 10.8. The highest BCUT2D eigenvalue weighted by Crippen LogP contribution is 2.21. The van der Waals surface area contributed by atoms with Crippen molar-refractivity contribution in [1.29, 1.82) is 0 Å². The Balaban J connectivity index is 1.39. The van der Waals surface area contributed by atoms with E-state index in [2.05, 4.69) is 15.5 Å². The van der Waals surface area contributed by atoms with Crippen molar-refractivity contribution in [1.82, 2.24) is 15.5 Å². The Hall–Kier alpha value is -3.61. The van der Waals surface area contributed by atoms with Crippen molar-refractivity contribution < 1.29 is 19.0 Å². The normalized spacial score (nSPS) is 10.3. The van der Waals surface area contributed by atoms with Gasteiger partial charge in [0.05, 0.1) is 32.4 Å². The zero-order valence-electron chi connectivity index (χ0n) is 17.1. The maximum atomic E-state index is 12.0. The van der Waals surface area contributed by atoms with E-state index in [9.17, 15) is 4.79 Å². The number of aromatic nitrogens is 2. The molecule has 1 heterocycles. The summed E-state index contributed by atoms with van der Waals surface area (Å²) in [5.41, 5.74) is 2.61. The second-order valence-electron chi connectivity index (χ2n) is 6.44. The summed E-state index contributed by atoms with van der Waals surface area (Å²) in [4.78, 5) is 12.0. The van der Waals surface area contributed by atoms with Crippen molar-refractivity contribution in [3.05, 3.63) is 66.2 Å². The van der Waals surface area contributed by atoms with Crippen LogP contribution in [0.1, 0.15) is 12.5 Å². The number of nitrogens with zero attached hydrogens (tertiary/aromatic N) is 2. The molecular weight excluding hydrogens is 382 g/mol. The molecule has 0 spiro atoms. The summed E-state index contributed by atoms with van der Waals surface area (Å²) >= 11 is 0. The largest absolute Gasteiger partial charge is 0.497 e. The van der Waals surface area contributed by atoms with Crippen LogP contribution in [-0.2, 0) is 11.2 Å². The summed E-state index contributed by atoms with van der Waals surface area (Å²) in [5, 5.41) is 11.1. The van der Waals surface area contributed by atoms with Gasteiger partial charge in [0, 0.05) is 11.6 Å². The van der Waals surface area contributed by atoms with E-state index in [-0.39, 0.29) is 5.91 Å². The fourth-order valence-corrected chi connectivity index (χ4v) is 2.78. The number of methoxy groups -OCH3 is 1. The Labute approximate surface area is 176 Å². The van der Waals surface area contributed by atoms with Crippen LogP contribution in [0.3, 0.4) is 0 Å². The van der Waals surface area contributed by atoms with Crippen molar-refractivity contribution in [2.24, 2.45) is 0 Å². The molecule has 0 bridgehead atoms. The Morgan fingerprint density at radius 3 is 2.27 bits per heavy atom. The lowest BCUT2D eigenvalue weighted by atomic mass is 10.1. The van der Waals surface area contributed by atoms with Crippen molar-refractivity contribution in [3.8, 4) is 28.6 Å². The molecule has 156 valence electrons. The molecule has 0 aliphatic heterocycles. The van der Waals surface area contributed by atoms with Gasteiger partial charge in [0.1, 0.15) is 18.1 Å². The minimum Gasteiger partial charge on any atom is -0.497 e. The zero-order valence-corrected chi connectivity index (χ0v) is 17.1. The minimum absolute atomic E-state index is 0.0660. The molecule has 0 aliphatic rings. The number of nitrogens with one attached hydrogen (secondary N) is 1. The average Bonchev–Trinajstić information content (AvgIpc) is 2.79. The molecule has 3 rings (SSSR count). The van der Waals surface area contributed by atoms with Crippen molar-refractivity contribution in [3.63, 3.8) is 0 Å². The highest BCUT2D eigenvalue weighted by atomic mass is 16.5. The lowest BCUT2D eigenvalue weighted by molar-refractivity contribution is -0.120. The van der Waals surface area contributed by atoms with Crippen LogP contribution in [0.4, 0.5) is 0 Å². The van der Waals surface area contributed by atoms with Crippen LogP contribution in [-0.4, -0.2) is 43.0 Å². The van der Waals surface area contributed by atoms with Crippen LogP contribution < -0.4 is 19.5 Å². The molecule has 7 nitrogen and oxygen atoms in total. The van der Waals surface area contributed by atoms with Gasteiger partial charge in [-0.2, -0.15) is 0 Å². The minimum atomic E-state index is -0.0660. The average molecular weight is 407 g/mol. The van der Waals surface area contributed by atoms with Crippen molar-refractivity contribution in [2.75, 3.05) is 26.9 Å². The number of carbonyl (C=O) groups is 1. The lowest BCUT2D eigenvalue weighted by Gasteiger charge is -2.08. The van der Waals surface area contributed by atoms with Gasteiger partial charge in [-0.25, -0.2) is 0 Å². The van der Waals surface area contributed by atoms with Gasteiger partial charge in [-0.1, -0.05) is 12.1 Å². The standard InChI is InChI=1S/C23H25N3O4/c1-3-29-20-8-4-17(5-9-20)16-22(27)24-14-15-30-23-13-12-21(25-26-23)18-6-10-19(28-2)11-7-18/h4-13H,3,14-16H2,1-2H3,(H,24,27). The first-order valence-corrected chi connectivity index (χ1v) is 9.77. The topological polar surface area (TPSA) is 82.6 Å². The Kier molecular flexibility index (Phi) is 7.60. The van der Waals surface area contributed by atoms with E-state index >= 15 is 0 Å². The molecule has 7 heteroatoms. The molecule has 3 aromatic rings. The molecule has 30 heavy (non-hydrogen) atoms. The van der Waals surface area contributed by atoms with E-state index in [1.54, 1.807) is 13.2 Å². The maximum Gasteiger partial charge on any atom is 0.233 e. The van der Waals surface area contributed by atoms with Crippen LogP contribution in [0, 0.1) is 0 Å². The van der Waals surface area contributed by atoms with Crippen LogP contribution in [0.5, 0.6) is 17.4 Å². The van der Waals surface area contributed by atoms with Crippen LogP contribution >= 0.6 is 0 Å². The summed E-state index contributed by atoms with van der Waals surface area (Å²) in [6.07, 6.45) is 0.308. The number of amides is 1. The molecule has 0 aliphatic carbocycles. The fraction of sp³-hybridized carbons (Fsp3) is 0.261. The first kappa shape index (κ1) is 21.1. The number of hydrogen-bond acceptors (Lipinski definition) is 6. The zero-order chi connectivity index (χ0) is 21.2. The van der Waals surface area contributed by atoms with E-state index < -0.39 is 0 Å². The van der Waals surface area contributed by atoms with Gasteiger partial charge in [0.25, 0.3) is 0 Å². The van der Waals surface area contributed by atoms with Gasteiger partial charge in [-0.3, -0.25) is 4.79 Å². The molecule has 2 aromatic carbocycles. The van der Waals surface area contributed by atoms with Gasteiger partial charge in [-0.15, -0.1) is 10.2 Å². The molecule has 0 fully saturated rings. The molecule has 0 unspecified atom stereocenters. The summed E-state index contributed by atoms with van der Waals surface area (Å²) < 4.78 is 16.1. The number of benzene rings is 2. The van der Waals surface area contributed by atoms with E-state index in [0.29, 0.717) is 32.1 Å². The summed E-state index contributed by atoms with van der Waals surface area (Å²) in [6.45, 7) is 3.25. The molecule has 0 radical (unpaired) electrons. The van der Waals surface area contributed by atoms with E-state index in [1.807, 2.05) is 61.5 Å². The van der Waals surface area contributed by atoms with Gasteiger partial charge in [-0.05, 0) is 55.0 Å². The molecule has 1 N–H and O–H groups in total. The van der Waals surface area contributed by atoms with Gasteiger partial charge in [0.15, 0.2) is 0 Å². The van der Waals surface area contributed by atoms with Crippen molar-refractivity contribution in [2.45, 2.75) is 13.3 Å².